The Bertz CT molecular complexity index is 354. The zero-order valence-electron chi connectivity index (χ0n) is 11.4. The molecule has 2 bridgehead atoms. The number of carbonyl (C=O) groups is 1. The summed E-state index contributed by atoms with van der Waals surface area (Å²) in [7, 11) is 0. The van der Waals surface area contributed by atoms with Crippen LogP contribution in [-0.4, -0.2) is 43.9 Å². The zero-order valence-corrected chi connectivity index (χ0v) is 11.4. The van der Waals surface area contributed by atoms with Crippen molar-refractivity contribution in [3.8, 4) is 0 Å². The van der Waals surface area contributed by atoms with Gasteiger partial charge in [0.2, 0.25) is 0 Å². The fourth-order valence-corrected chi connectivity index (χ4v) is 3.81. The summed E-state index contributed by atoms with van der Waals surface area (Å²) < 4.78 is 0. The van der Waals surface area contributed by atoms with Gasteiger partial charge >= 0.3 is 6.09 Å². The molecule has 0 saturated heterocycles. The second kappa shape index (κ2) is 3.84. The molecule has 0 heterocycles. The van der Waals surface area contributed by atoms with Crippen LogP contribution in [0.4, 0.5) is 4.79 Å². The van der Waals surface area contributed by atoms with Crippen molar-refractivity contribution in [1.82, 2.24) is 4.90 Å². The van der Waals surface area contributed by atoms with Gasteiger partial charge in [0.25, 0.3) is 0 Å². The van der Waals surface area contributed by atoms with Crippen molar-refractivity contribution in [1.29, 1.82) is 0 Å². The molecule has 104 valence electrons. The quantitative estimate of drug-likeness (QED) is 0.664. The molecule has 1 amide bonds. The Kier molecular flexibility index (Phi) is 2.91. The number of hydrogen-bond donors (Lipinski definition) is 3. The highest BCUT2D eigenvalue weighted by molar-refractivity contribution is 5.67. The third kappa shape index (κ3) is 1.89. The molecular weight excluding hydrogens is 232 g/mol. The number of aliphatic hydroxyl groups is 1. The first kappa shape index (κ1) is 13.6. The second-order valence-corrected chi connectivity index (χ2v) is 6.97. The molecule has 4 N–H and O–H groups in total. The number of nitrogens with zero attached hydrogens (tertiary/aromatic N) is 1. The molecule has 0 spiro atoms. The average molecular weight is 256 g/mol. The Morgan fingerprint density at radius 3 is 2.11 bits per heavy atom. The monoisotopic (exact) mass is 256 g/mol. The Morgan fingerprint density at radius 1 is 1.28 bits per heavy atom. The Morgan fingerprint density at radius 2 is 1.78 bits per heavy atom. The van der Waals surface area contributed by atoms with Gasteiger partial charge in [0, 0.05) is 11.1 Å². The van der Waals surface area contributed by atoms with E-state index in [2.05, 4.69) is 0 Å². The molecule has 18 heavy (non-hydrogen) atoms. The third-order valence-corrected chi connectivity index (χ3v) is 4.64. The van der Waals surface area contributed by atoms with Gasteiger partial charge < -0.3 is 15.9 Å². The molecule has 5 nitrogen and oxygen atoms in total. The topological polar surface area (TPSA) is 86.8 Å². The minimum Gasteiger partial charge on any atom is -0.465 e. The minimum absolute atomic E-state index is 0.288. The molecule has 0 aliphatic heterocycles. The Hall–Kier alpha value is -0.810. The van der Waals surface area contributed by atoms with E-state index < -0.39 is 23.3 Å². The summed E-state index contributed by atoms with van der Waals surface area (Å²) in [6, 6.07) is 0. The maximum atomic E-state index is 11.6. The number of amides is 1. The van der Waals surface area contributed by atoms with Crippen LogP contribution in [0.25, 0.3) is 0 Å². The molecular formula is C13H24N2O3. The maximum Gasteiger partial charge on any atom is 0.408 e. The van der Waals surface area contributed by atoms with Crippen LogP contribution in [0.1, 0.15) is 52.9 Å². The predicted molar refractivity (Wildman–Crippen MR) is 68.4 cm³/mol. The van der Waals surface area contributed by atoms with Gasteiger partial charge in [-0.3, -0.25) is 4.90 Å². The number of hydrogen-bond acceptors (Lipinski definition) is 3. The van der Waals surface area contributed by atoms with Crippen LogP contribution in [0, 0.1) is 0 Å². The lowest BCUT2D eigenvalue weighted by Crippen LogP contribution is -2.72. The Balaban J connectivity index is 2.38. The van der Waals surface area contributed by atoms with Crippen molar-refractivity contribution in [2.45, 2.75) is 75.6 Å². The van der Waals surface area contributed by atoms with E-state index in [0.717, 1.165) is 12.8 Å². The highest BCUT2D eigenvalue weighted by atomic mass is 16.4. The molecule has 3 aliphatic rings. The van der Waals surface area contributed by atoms with E-state index in [1.807, 2.05) is 20.8 Å². The van der Waals surface area contributed by atoms with Crippen molar-refractivity contribution in [3.63, 3.8) is 0 Å². The normalized spacial score (nSPS) is 39.7. The smallest absolute Gasteiger partial charge is 0.408 e. The zero-order chi connectivity index (χ0) is 13.8. The number of rotatable bonds is 1. The standard InChI is InChI=1S/C13H24N2O3/c1-11(2,3)15(10(17)18)13-6-4-12(14,5-7-13)8-9(13)16/h9,16H,4-8,14H2,1-3H3,(H,17,18)/t9-,12?,13?/m0/s1. The fraction of sp³-hybridized carbons (Fsp3) is 0.923. The molecule has 5 heteroatoms. The van der Waals surface area contributed by atoms with E-state index in [4.69, 9.17) is 5.73 Å². The first-order valence-electron chi connectivity index (χ1n) is 6.61. The summed E-state index contributed by atoms with van der Waals surface area (Å²) in [5.41, 5.74) is 4.75. The number of fused-ring (bicyclic) bond motifs is 3. The largest absolute Gasteiger partial charge is 0.465 e. The molecule has 0 unspecified atom stereocenters. The van der Waals surface area contributed by atoms with E-state index in [1.54, 1.807) is 0 Å². The lowest BCUT2D eigenvalue weighted by atomic mass is 9.59. The van der Waals surface area contributed by atoms with Gasteiger partial charge in [0.1, 0.15) is 0 Å². The van der Waals surface area contributed by atoms with Gasteiger partial charge in [0.15, 0.2) is 0 Å². The maximum absolute atomic E-state index is 11.6. The summed E-state index contributed by atoms with van der Waals surface area (Å²) >= 11 is 0. The van der Waals surface area contributed by atoms with Gasteiger partial charge in [-0.05, 0) is 52.9 Å². The molecule has 1 atom stereocenters. The summed E-state index contributed by atoms with van der Waals surface area (Å²) in [5, 5.41) is 20.0. The van der Waals surface area contributed by atoms with Crippen LogP contribution in [-0.2, 0) is 0 Å². The lowest BCUT2D eigenvalue weighted by Gasteiger charge is -2.60. The number of nitrogens with two attached hydrogens (primary N) is 1. The van der Waals surface area contributed by atoms with Crippen LogP contribution < -0.4 is 5.73 Å². The highest BCUT2D eigenvalue weighted by Crippen LogP contribution is 2.50. The van der Waals surface area contributed by atoms with Crippen LogP contribution in [0.15, 0.2) is 0 Å². The fourth-order valence-electron chi connectivity index (χ4n) is 3.81. The average Bonchev–Trinajstić information content (AvgIpc) is 2.17. The Labute approximate surface area is 108 Å². The van der Waals surface area contributed by atoms with Crippen molar-refractivity contribution >= 4 is 6.09 Å². The van der Waals surface area contributed by atoms with E-state index in [-0.39, 0.29) is 5.54 Å². The lowest BCUT2D eigenvalue weighted by molar-refractivity contribution is -0.128. The van der Waals surface area contributed by atoms with Crippen LogP contribution in [0.5, 0.6) is 0 Å². The summed E-state index contributed by atoms with van der Waals surface area (Å²) in [5.74, 6) is 0. The molecule has 3 rings (SSSR count). The first-order valence-corrected chi connectivity index (χ1v) is 6.61. The van der Waals surface area contributed by atoms with E-state index in [9.17, 15) is 15.0 Å². The summed E-state index contributed by atoms with van der Waals surface area (Å²) in [6.07, 6.45) is 1.82. The number of aliphatic hydroxyl groups excluding tert-OH is 1. The second-order valence-electron chi connectivity index (χ2n) is 6.97. The molecule has 3 fully saturated rings. The minimum atomic E-state index is -0.951. The van der Waals surface area contributed by atoms with Crippen LogP contribution in [0.3, 0.4) is 0 Å². The van der Waals surface area contributed by atoms with E-state index >= 15 is 0 Å². The molecule has 3 aliphatic carbocycles. The van der Waals surface area contributed by atoms with Crippen molar-refractivity contribution < 1.29 is 15.0 Å². The summed E-state index contributed by atoms with van der Waals surface area (Å²) in [4.78, 5) is 13.1. The predicted octanol–water partition coefficient (Wildman–Crippen LogP) is 1.54. The molecule has 0 aromatic carbocycles. The SMILES string of the molecule is CC(C)(C)N(C(=O)O)C12CCC(N)(CC1)C[C@@H]2O. The third-order valence-electron chi connectivity index (χ3n) is 4.64. The summed E-state index contributed by atoms with van der Waals surface area (Å²) in [6.45, 7) is 5.63. The molecule has 3 saturated carbocycles. The van der Waals surface area contributed by atoms with Crippen molar-refractivity contribution in [2.24, 2.45) is 5.73 Å². The van der Waals surface area contributed by atoms with Crippen LogP contribution >= 0.6 is 0 Å². The van der Waals surface area contributed by atoms with Gasteiger partial charge in [-0.1, -0.05) is 0 Å². The number of carboxylic acid groups (broad SMARTS) is 1. The van der Waals surface area contributed by atoms with Gasteiger partial charge in [-0.25, -0.2) is 4.79 Å². The van der Waals surface area contributed by atoms with Crippen molar-refractivity contribution in [2.75, 3.05) is 0 Å². The van der Waals surface area contributed by atoms with Gasteiger partial charge in [0.05, 0.1) is 11.6 Å². The molecule has 0 aromatic rings. The van der Waals surface area contributed by atoms with Gasteiger partial charge in [-0.15, -0.1) is 0 Å². The molecule has 0 aromatic heterocycles. The van der Waals surface area contributed by atoms with Crippen molar-refractivity contribution in [3.05, 3.63) is 0 Å². The van der Waals surface area contributed by atoms with Gasteiger partial charge in [-0.2, -0.15) is 0 Å². The van der Waals surface area contributed by atoms with E-state index in [1.165, 1.54) is 4.90 Å². The molecule has 0 radical (unpaired) electrons. The first-order chi connectivity index (χ1) is 8.11. The highest BCUT2D eigenvalue weighted by Gasteiger charge is 2.58. The van der Waals surface area contributed by atoms with E-state index in [0.29, 0.717) is 19.3 Å². The van der Waals surface area contributed by atoms with Crippen LogP contribution in [0.2, 0.25) is 0 Å².